The van der Waals surface area contributed by atoms with Crippen molar-refractivity contribution in [3.63, 3.8) is 0 Å². The van der Waals surface area contributed by atoms with Gasteiger partial charge in [-0.15, -0.1) is 0 Å². The number of anilines is 2. The van der Waals surface area contributed by atoms with Crippen LogP contribution in [0.5, 0.6) is 0 Å². The summed E-state index contributed by atoms with van der Waals surface area (Å²) in [6.45, 7) is 0. The number of nitrogens with zero attached hydrogens (tertiary/aromatic N) is 1. The van der Waals surface area contributed by atoms with Crippen LogP contribution in [0.1, 0.15) is 10.4 Å². The zero-order chi connectivity index (χ0) is 14.1. The molecule has 3 N–H and O–H groups in total. The number of nitrogens with one attached hydrogen (secondary N) is 1. The molecule has 20 heavy (non-hydrogen) atoms. The fourth-order valence-electron chi connectivity index (χ4n) is 1.85. The summed E-state index contributed by atoms with van der Waals surface area (Å²) in [6.07, 6.45) is 0. The minimum atomic E-state index is -0.150. The highest BCUT2D eigenvalue weighted by molar-refractivity contribution is 9.10. The van der Waals surface area contributed by atoms with E-state index < -0.39 is 0 Å². The van der Waals surface area contributed by atoms with Crippen LogP contribution in [0.3, 0.4) is 0 Å². The van der Waals surface area contributed by atoms with Crippen molar-refractivity contribution in [3.05, 3.63) is 52.5 Å². The maximum absolute atomic E-state index is 12.1. The minimum Gasteiger partial charge on any atom is -0.375 e. The molecule has 2 aromatic carbocycles. The van der Waals surface area contributed by atoms with Crippen molar-refractivity contribution in [2.75, 3.05) is 11.1 Å². The molecule has 1 aromatic heterocycles. The molecule has 0 spiro atoms. The third-order valence-electron chi connectivity index (χ3n) is 2.75. The highest BCUT2D eigenvalue weighted by Crippen LogP contribution is 2.26. The Hall–Kier alpha value is -1.92. The monoisotopic (exact) mass is 347 g/mol. The lowest BCUT2D eigenvalue weighted by Gasteiger charge is -2.05. The molecule has 0 saturated carbocycles. The van der Waals surface area contributed by atoms with Crippen molar-refractivity contribution < 1.29 is 4.79 Å². The van der Waals surface area contributed by atoms with E-state index in [0.29, 0.717) is 10.7 Å². The van der Waals surface area contributed by atoms with Crippen molar-refractivity contribution >= 4 is 54.2 Å². The van der Waals surface area contributed by atoms with Gasteiger partial charge < -0.3 is 11.1 Å². The SMILES string of the molecule is Nc1nc2ccc(NC(=O)c3cccc(Br)c3)cc2s1. The standard InChI is InChI=1S/C14H10BrN3OS/c15-9-3-1-2-8(6-9)13(19)17-10-4-5-11-12(7-10)20-14(16)18-11/h1-7H,(H2,16,18)(H,17,19). The second-order valence-corrected chi connectivity index (χ2v) is 6.18. The highest BCUT2D eigenvalue weighted by Gasteiger charge is 2.08. The molecule has 0 saturated heterocycles. The van der Waals surface area contributed by atoms with E-state index in [-0.39, 0.29) is 5.91 Å². The Morgan fingerprint density at radius 2 is 2.10 bits per heavy atom. The topological polar surface area (TPSA) is 68.0 Å². The van der Waals surface area contributed by atoms with E-state index in [1.54, 1.807) is 12.1 Å². The van der Waals surface area contributed by atoms with Gasteiger partial charge in [0.2, 0.25) is 0 Å². The second-order valence-electron chi connectivity index (χ2n) is 4.20. The Bertz CT molecular complexity index is 800. The number of carbonyl (C=O) groups excluding carboxylic acids is 1. The summed E-state index contributed by atoms with van der Waals surface area (Å²) >= 11 is 4.75. The largest absolute Gasteiger partial charge is 0.375 e. The lowest BCUT2D eigenvalue weighted by Crippen LogP contribution is -2.11. The zero-order valence-corrected chi connectivity index (χ0v) is 12.7. The van der Waals surface area contributed by atoms with Crippen LogP contribution < -0.4 is 11.1 Å². The molecule has 100 valence electrons. The van der Waals surface area contributed by atoms with Crippen molar-refractivity contribution in [3.8, 4) is 0 Å². The molecule has 1 heterocycles. The average Bonchev–Trinajstić information content (AvgIpc) is 2.78. The average molecular weight is 348 g/mol. The number of hydrogen-bond donors (Lipinski definition) is 2. The number of hydrogen-bond acceptors (Lipinski definition) is 4. The highest BCUT2D eigenvalue weighted by atomic mass is 79.9. The molecule has 0 fully saturated rings. The number of nitrogens with two attached hydrogens (primary N) is 1. The normalized spacial score (nSPS) is 10.7. The van der Waals surface area contributed by atoms with Gasteiger partial charge in [0.05, 0.1) is 10.2 Å². The molecule has 4 nitrogen and oxygen atoms in total. The van der Waals surface area contributed by atoms with Crippen LogP contribution >= 0.6 is 27.3 Å². The summed E-state index contributed by atoms with van der Waals surface area (Å²) in [5.74, 6) is -0.150. The summed E-state index contributed by atoms with van der Waals surface area (Å²) < 4.78 is 1.82. The maximum atomic E-state index is 12.1. The van der Waals surface area contributed by atoms with Crippen LogP contribution in [-0.4, -0.2) is 10.9 Å². The van der Waals surface area contributed by atoms with Crippen molar-refractivity contribution in [2.24, 2.45) is 0 Å². The van der Waals surface area contributed by atoms with E-state index in [9.17, 15) is 4.79 Å². The summed E-state index contributed by atoms with van der Waals surface area (Å²) in [7, 11) is 0. The molecule has 0 aliphatic rings. The number of aromatic nitrogens is 1. The Labute approximate surface area is 127 Å². The predicted molar refractivity (Wildman–Crippen MR) is 86.1 cm³/mol. The van der Waals surface area contributed by atoms with E-state index in [0.717, 1.165) is 20.4 Å². The van der Waals surface area contributed by atoms with Crippen LogP contribution in [0.4, 0.5) is 10.8 Å². The Morgan fingerprint density at radius 3 is 2.90 bits per heavy atom. The van der Waals surface area contributed by atoms with E-state index in [4.69, 9.17) is 5.73 Å². The van der Waals surface area contributed by atoms with Gasteiger partial charge >= 0.3 is 0 Å². The number of thiazole rings is 1. The minimum absolute atomic E-state index is 0.150. The van der Waals surface area contributed by atoms with Crippen molar-refractivity contribution in [1.29, 1.82) is 0 Å². The van der Waals surface area contributed by atoms with Gasteiger partial charge in [-0.2, -0.15) is 0 Å². The smallest absolute Gasteiger partial charge is 0.255 e. The van der Waals surface area contributed by atoms with E-state index in [1.165, 1.54) is 11.3 Å². The Morgan fingerprint density at radius 1 is 1.25 bits per heavy atom. The number of benzene rings is 2. The lowest BCUT2D eigenvalue weighted by molar-refractivity contribution is 0.102. The van der Waals surface area contributed by atoms with Gasteiger partial charge in [0.15, 0.2) is 5.13 Å². The molecule has 3 aromatic rings. The molecular weight excluding hydrogens is 338 g/mol. The predicted octanol–water partition coefficient (Wildman–Crippen LogP) is 3.89. The van der Waals surface area contributed by atoms with Gasteiger partial charge in [-0.1, -0.05) is 33.3 Å². The number of fused-ring (bicyclic) bond motifs is 1. The molecule has 0 aliphatic heterocycles. The number of nitrogen functional groups attached to an aromatic ring is 1. The summed E-state index contributed by atoms with van der Waals surface area (Å²) in [5.41, 5.74) is 7.83. The maximum Gasteiger partial charge on any atom is 0.255 e. The zero-order valence-electron chi connectivity index (χ0n) is 10.3. The molecule has 0 aliphatic carbocycles. The van der Waals surface area contributed by atoms with Crippen LogP contribution in [0.2, 0.25) is 0 Å². The number of carbonyl (C=O) groups is 1. The third kappa shape index (κ3) is 2.66. The number of amides is 1. The van der Waals surface area contributed by atoms with E-state index in [2.05, 4.69) is 26.2 Å². The first-order valence-corrected chi connectivity index (χ1v) is 7.46. The van der Waals surface area contributed by atoms with Crippen molar-refractivity contribution in [1.82, 2.24) is 4.98 Å². The van der Waals surface area contributed by atoms with Gasteiger partial charge in [-0.25, -0.2) is 4.98 Å². The molecule has 0 bridgehead atoms. The molecule has 0 atom stereocenters. The molecular formula is C14H10BrN3OS. The van der Waals surface area contributed by atoms with Gasteiger partial charge in [0.25, 0.3) is 5.91 Å². The van der Waals surface area contributed by atoms with Crippen LogP contribution in [-0.2, 0) is 0 Å². The first kappa shape index (κ1) is 13.1. The van der Waals surface area contributed by atoms with Gasteiger partial charge in [0, 0.05) is 15.7 Å². The quantitative estimate of drug-likeness (QED) is 0.738. The van der Waals surface area contributed by atoms with E-state index >= 15 is 0 Å². The van der Waals surface area contributed by atoms with Crippen molar-refractivity contribution in [2.45, 2.75) is 0 Å². The van der Waals surface area contributed by atoms with Gasteiger partial charge in [-0.05, 0) is 36.4 Å². The fraction of sp³-hybridized carbons (Fsp3) is 0. The van der Waals surface area contributed by atoms with Crippen LogP contribution in [0, 0.1) is 0 Å². The number of rotatable bonds is 2. The van der Waals surface area contributed by atoms with Gasteiger partial charge in [-0.3, -0.25) is 4.79 Å². The molecule has 0 unspecified atom stereocenters. The van der Waals surface area contributed by atoms with Gasteiger partial charge in [0.1, 0.15) is 0 Å². The first-order valence-electron chi connectivity index (χ1n) is 5.85. The molecule has 0 radical (unpaired) electrons. The molecule has 3 rings (SSSR count). The summed E-state index contributed by atoms with van der Waals surface area (Å²) in [6, 6.07) is 12.8. The second kappa shape index (κ2) is 5.22. The summed E-state index contributed by atoms with van der Waals surface area (Å²) in [5, 5.41) is 3.39. The van der Waals surface area contributed by atoms with Crippen LogP contribution in [0.15, 0.2) is 46.9 Å². The Balaban J connectivity index is 1.87. The van der Waals surface area contributed by atoms with E-state index in [1.807, 2.05) is 30.3 Å². The first-order chi connectivity index (χ1) is 9.61. The third-order valence-corrected chi connectivity index (χ3v) is 4.09. The lowest BCUT2D eigenvalue weighted by atomic mass is 10.2. The Kier molecular flexibility index (Phi) is 3.42. The molecule has 1 amide bonds. The summed E-state index contributed by atoms with van der Waals surface area (Å²) in [4.78, 5) is 16.3. The van der Waals surface area contributed by atoms with Crippen LogP contribution in [0.25, 0.3) is 10.2 Å². The number of halogens is 1. The molecule has 6 heteroatoms. The fourth-order valence-corrected chi connectivity index (χ4v) is 3.03.